The largest absolute Gasteiger partial charge is 0.419 e. The minimum Gasteiger partial charge on any atom is -0.419 e. The van der Waals surface area contributed by atoms with E-state index >= 15 is 0 Å². The number of urea groups is 1. The lowest BCUT2D eigenvalue weighted by atomic mass is 9.82. The Labute approximate surface area is 159 Å². The van der Waals surface area contributed by atoms with Gasteiger partial charge in [0.05, 0.1) is 18.2 Å². The van der Waals surface area contributed by atoms with E-state index in [1.165, 1.54) is 19.3 Å². The second kappa shape index (κ2) is 7.68. The second-order valence-corrected chi connectivity index (χ2v) is 7.63. The van der Waals surface area contributed by atoms with Crippen LogP contribution in [0.25, 0.3) is 11.5 Å². The van der Waals surface area contributed by atoms with Gasteiger partial charge in [0.15, 0.2) is 0 Å². The number of ether oxygens (including phenoxy) is 1. The summed E-state index contributed by atoms with van der Waals surface area (Å²) in [6.07, 6.45) is 6.87. The molecule has 0 radical (unpaired) electrons. The Kier molecular flexibility index (Phi) is 5.11. The van der Waals surface area contributed by atoms with Crippen molar-refractivity contribution in [2.24, 2.45) is 0 Å². The predicted molar refractivity (Wildman–Crippen MR) is 99.9 cm³/mol. The monoisotopic (exact) mass is 370 g/mol. The molecule has 7 heteroatoms. The van der Waals surface area contributed by atoms with Crippen molar-refractivity contribution in [1.29, 1.82) is 0 Å². The fourth-order valence-corrected chi connectivity index (χ4v) is 4.06. The molecule has 0 bridgehead atoms. The highest BCUT2D eigenvalue weighted by Crippen LogP contribution is 2.39. The predicted octanol–water partition coefficient (Wildman–Crippen LogP) is 3.37. The third kappa shape index (κ3) is 4.13. The van der Waals surface area contributed by atoms with Crippen molar-refractivity contribution in [1.82, 2.24) is 20.4 Å². The van der Waals surface area contributed by atoms with Crippen LogP contribution in [0.3, 0.4) is 0 Å². The molecular formula is C20H26N4O3. The van der Waals surface area contributed by atoms with E-state index in [1.54, 1.807) is 11.9 Å². The van der Waals surface area contributed by atoms with E-state index in [2.05, 4.69) is 15.5 Å². The molecule has 2 heterocycles. The highest BCUT2D eigenvalue weighted by atomic mass is 16.5. The number of rotatable bonds is 4. The van der Waals surface area contributed by atoms with E-state index in [0.717, 1.165) is 24.8 Å². The van der Waals surface area contributed by atoms with Gasteiger partial charge in [0.1, 0.15) is 6.54 Å². The van der Waals surface area contributed by atoms with Crippen LogP contribution in [0.2, 0.25) is 0 Å². The first-order valence-corrected chi connectivity index (χ1v) is 9.67. The van der Waals surface area contributed by atoms with Gasteiger partial charge >= 0.3 is 6.03 Å². The first kappa shape index (κ1) is 18.0. The van der Waals surface area contributed by atoms with Crippen LogP contribution in [-0.2, 0) is 11.3 Å². The Morgan fingerprint density at radius 3 is 2.78 bits per heavy atom. The summed E-state index contributed by atoms with van der Waals surface area (Å²) in [5, 5.41) is 11.2. The number of nitrogens with zero attached hydrogens (tertiary/aromatic N) is 3. The Bertz CT molecular complexity index is 771. The standard InChI is InChI=1S/C20H26N4O3/c1-24(13-17-22-23-18(27-17)15-8-4-2-5-9-15)19(25)21-16-12-20(26-14-16)10-6-3-7-11-20/h2,4-5,8-9,16H,3,6-7,10-14H2,1H3,(H,21,25)/t16-/m0/s1. The molecule has 1 saturated heterocycles. The Morgan fingerprint density at radius 2 is 2.00 bits per heavy atom. The van der Waals surface area contributed by atoms with Gasteiger partial charge in [0.2, 0.25) is 11.8 Å². The van der Waals surface area contributed by atoms with Crippen LogP contribution in [0.1, 0.15) is 44.4 Å². The number of hydrogen-bond donors (Lipinski definition) is 1. The molecule has 1 N–H and O–H groups in total. The third-order valence-electron chi connectivity index (χ3n) is 5.51. The average molecular weight is 370 g/mol. The SMILES string of the molecule is CN(Cc1nnc(-c2ccccc2)o1)C(=O)N[C@@H]1COC2(CCCCC2)C1. The summed E-state index contributed by atoms with van der Waals surface area (Å²) in [7, 11) is 1.73. The minimum atomic E-state index is -0.143. The number of hydrogen-bond acceptors (Lipinski definition) is 5. The zero-order valence-corrected chi connectivity index (χ0v) is 15.7. The molecule has 1 aliphatic carbocycles. The van der Waals surface area contributed by atoms with E-state index in [4.69, 9.17) is 9.15 Å². The Balaban J connectivity index is 1.30. The smallest absolute Gasteiger partial charge is 0.317 e. The lowest BCUT2D eigenvalue weighted by molar-refractivity contribution is -0.0246. The molecule has 1 aliphatic heterocycles. The van der Waals surface area contributed by atoms with Crippen molar-refractivity contribution >= 4 is 6.03 Å². The molecule has 1 aromatic carbocycles. The topological polar surface area (TPSA) is 80.5 Å². The number of amides is 2. The van der Waals surface area contributed by atoms with Gasteiger partial charge in [-0.1, -0.05) is 37.5 Å². The molecule has 2 amide bonds. The van der Waals surface area contributed by atoms with Crippen molar-refractivity contribution in [3.05, 3.63) is 36.2 Å². The fraction of sp³-hybridized carbons (Fsp3) is 0.550. The lowest BCUT2D eigenvalue weighted by Crippen LogP contribution is -2.43. The van der Waals surface area contributed by atoms with E-state index < -0.39 is 0 Å². The zero-order chi connectivity index (χ0) is 18.7. The Morgan fingerprint density at radius 1 is 1.22 bits per heavy atom. The minimum absolute atomic E-state index is 0.00810. The van der Waals surface area contributed by atoms with Gasteiger partial charge in [0, 0.05) is 12.6 Å². The Hall–Kier alpha value is -2.41. The number of benzene rings is 1. The van der Waals surface area contributed by atoms with E-state index in [9.17, 15) is 4.79 Å². The summed E-state index contributed by atoms with van der Waals surface area (Å²) < 4.78 is 11.8. The molecule has 1 atom stereocenters. The maximum Gasteiger partial charge on any atom is 0.317 e. The van der Waals surface area contributed by atoms with Crippen LogP contribution in [0.15, 0.2) is 34.7 Å². The number of carbonyl (C=O) groups excluding carboxylic acids is 1. The molecule has 2 aliphatic rings. The molecule has 27 heavy (non-hydrogen) atoms. The fourth-order valence-electron chi connectivity index (χ4n) is 4.06. The second-order valence-electron chi connectivity index (χ2n) is 7.63. The molecule has 4 rings (SSSR count). The van der Waals surface area contributed by atoms with Gasteiger partial charge in [-0.3, -0.25) is 0 Å². The maximum absolute atomic E-state index is 12.5. The van der Waals surface area contributed by atoms with E-state index in [0.29, 0.717) is 18.4 Å². The van der Waals surface area contributed by atoms with Crippen LogP contribution >= 0.6 is 0 Å². The molecule has 7 nitrogen and oxygen atoms in total. The zero-order valence-electron chi connectivity index (χ0n) is 15.7. The molecular weight excluding hydrogens is 344 g/mol. The van der Waals surface area contributed by atoms with Gasteiger partial charge in [-0.2, -0.15) is 0 Å². The van der Waals surface area contributed by atoms with Crippen LogP contribution in [-0.4, -0.2) is 46.4 Å². The number of nitrogens with one attached hydrogen (secondary N) is 1. The van der Waals surface area contributed by atoms with Gasteiger partial charge in [0.25, 0.3) is 0 Å². The first-order chi connectivity index (χ1) is 13.1. The van der Waals surface area contributed by atoms with E-state index in [1.807, 2.05) is 30.3 Å². The van der Waals surface area contributed by atoms with Crippen LogP contribution in [0.5, 0.6) is 0 Å². The lowest BCUT2D eigenvalue weighted by Gasteiger charge is -2.32. The normalized spacial score (nSPS) is 21.3. The van der Waals surface area contributed by atoms with Crippen LogP contribution in [0, 0.1) is 0 Å². The molecule has 1 spiro atoms. The maximum atomic E-state index is 12.5. The molecule has 2 fully saturated rings. The summed E-state index contributed by atoms with van der Waals surface area (Å²) >= 11 is 0. The molecule has 2 aromatic rings. The first-order valence-electron chi connectivity index (χ1n) is 9.67. The van der Waals surface area contributed by atoms with Gasteiger partial charge in [-0.25, -0.2) is 4.79 Å². The van der Waals surface area contributed by atoms with Crippen molar-refractivity contribution in [3.8, 4) is 11.5 Å². The average Bonchev–Trinajstić information content (AvgIpc) is 3.31. The number of aromatic nitrogens is 2. The molecule has 0 unspecified atom stereocenters. The van der Waals surface area contributed by atoms with Crippen molar-refractivity contribution in [2.75, 3.05) is 13.7 Å². The van der Waals surface area contributed by atoms with Crippen molar-refractivity contribution in [2.45, 2.75) is 56.7 Å². The van der Waals surface area contributed by atoms with Gasteiger partial charge in [-0.05, 0) is 31.4 Å². The summed E-state index contributed by atoms with van der Waals surface area (Å²) in [6, 6.07) is 9.52. The summed E-state index contributed by atoms with van der Waals surface area (Å²) in [5.74, 6) is 0.876. The quantitative estimate of drug-likeness (QED) is 0.892. The molecule has 1 saturated carbocycles. The van der Waals surface area contributed by atoms with Crippen LogP contribution in [0.4, 0.5) is 4.79 Å². The van der Waals surface area contributed by atoms with Crippen molar-refractivity contribution < 1.29 is 13.9 Å². The summed E-state index contributed by atoms with van der Waals surface area (Å²) in [4.78, 5) is 14.1. The van der Waals surface area contributed by atoms with Crippen LogP contribution < -0.4 is 5.32 Å². The summed E-state index contributed by atoms with van der Waals surface area (Å²) in [6.45, 7) is 0.864. The van der Waals surface area contributed by atoms with Gasteiger partial charge < -0.3 is 19.4 Å². The van der Waals surface area contributed by atoms with Crippen molar-refractivity contribution in [3.63, 3.8) is 0 Å². The highest BCUT2D eigenvalue weighted by molar-refractivity contribution is 5.74. The van der Waals surface area contributed by atoms with E-state index in [-0.39, 0.29) is 24.2 Å². The van der Waals surface area contributed by atoms with Gasteiger partial charge in [-0.15, -0.1) is 10.2 Å². The summed E-state index contributed by atoms with van der Waals surface area (Å²) in [5.41, 5.74) is 0.857. The molecule has 144 valence electrons. The molecule has 1 aromatic heterocycles. The number of carbonyl (C=O) groups is 1. The third-order valence-corrected chi connectivity index (χ3v) is 5.51. The highest BCUT2D eigenvalue weighted by Gasteiger charge is 2.41.